The fraction of sp³-hybridized carbons (Fsp3) is 0.545. The van der Waals surface area contributed by atoms with E-state index in [1.807, 2.05) is 0 Å². The van der Waals surface area contributed by atoms with E-state index >= 15 is 0 Å². The molecule has 0 saturated carbocycles. The van der Waals surface area contributed by atoms with Gasteiger partial charge in [-0.2, -0.15) is 0 Å². The third kappa shape index (κ3) is 6.41. The van der Waals surface area contributed by atoms with Crippen molar-refractivity contribution in [3.63, 3.8) is 0 Å². The second-order valence-corrected chi connectivity index (χ2v) is 3.88. The standard InChI is InChI=1S/C11H16O8/c1-3-18-6-7(2)19-9(14)5-11(17,10(15)16)4-8(12)13/h3,7,17H,1,4-6H2,2H3,(H,12,13)(H,15,16). The van der Waals surface area contributed by atoms with Gasteiger partial charge in [0.2, 0.25) is 0 Å². The summed E-state index contributed by atoms with van der Waals surface area (Å²) in [5.41, 5.74) is -2.69. The van der Waals surface area contributed by atoms with Crippen molar-refractivity contribution in [1.29, 1.82) is 0 Å². The van der Waals surface area contributed by atoms with E-state index in [2.05, 4.69) is 6.58 Å². The molecule has 0 aliphatic heterocycles. The molecule has 0 fully saturated rings. The number of hydrogen-bond acceptors (Lipinski definition) is 6. The lowest BCUT2D eigenvalue weighted by Crippen LogP contribution is -2.43. The predicted molar refractivity (Wildman–Crippen MR) is 61.2 cm³/mol. The molecule has 0 heterocycles. The number of esters is 1. The van der Waals surface area contributed by atoms with E-state index in [0.717, 1.165) is 6.26 Å². The average Bonchev–Trinajstić information content (AvgIpc) is 2.24. The third-order valence-corrected chi connectivity index (χ3v) is 2.06. The fourth-order valence-electron chi connectivity index (χ4n) is 1.21. The van der Waals surface area contributed by atoms with Crippen LogP contribution in [0.5, 0.6) is 0 Å². The summed E-state index contributed by atoms with van der Waals surface area (Å²) in [5, 5.41) is 26.8. The number of carbonyl (C=O) groups is 3. The number of carbonyl (C=O) groups excluding carboxylic acids is 1. The summed E-state index contributed by atoms with van der Waals surface area (Å²) < 4.78 is 9.50. The summed E-state index contributed by atoms with van der Waals surface area (Å²) in [7, 11) is 0. The van der Waals surface area contributed by atoms with Gasteiger partial charge < -0.3 is 24.8 Å². The molecule has 19 heavy (non-hydrogen) atoms. The summed E-state index contributed by atoms with van der Waals surface area (Å²) in [4.78, 5) is 32.6. The van der Waals surface area contributed by atoms with E-state index in [4.69, 9.17) is 19.7 Å². The fourth-order valence-corrected chi connectivity index (χ4v) is 1.21. The highest BCUT2D eigenvalue weighted by molar-refractivity contribution is 5.88. The zero-order chi connectivity index (χ0) is 15.1. The Morgan fingerprint density at radius 2 is 1.89 bits per heavy atom. The average molecular weight is 276 g/mol. The first kappa shape index (κ1) is 16.9. The number of rotatable bonds is 9. The first-order valence-electron chi connectivity index (χ1n) is 5.31. The van der Waals surface area contributed by atoms with Gasteiger partial charge in [0.15, 0.2) is 5.60 Å². The molecule has 0 aromatic heterocycles. The van der Waals surface area contributed by atoms with Gasteiger partial charge in [-0.05, 0) is 6.92 Å². The van der Waals surface area contributed by atoms with Crippen molar-refractivity contribution < 1.29 is 39.2 Å². The van der Waals surface area contributed by atoms with Crippen LogP contribution in [0.4, 0.5) is 0 Å². The highest BCUT2D eigenvalue weighted by atomic mass is 16.6. The topological polar surface area (TPSA) is 130 Å². The van der Waals surface area contributed by atoms with Gasteiger partial charge in [-0.1, -0.05) is 6.58 Å². The molecule has 3 N–H and O–H groups in total. The van der Waals surface area contributed by atoms with Crippen LogP contribution >= 0.6 is 0 Å². The minimum atomic E-state index is -2.69. The summed E-state index contributed by atoms with van der Waals surface area (Å²) in [6, 6.07) is 0. The molecule has 8 nitrogen and oxygen atoms in total. The third-order valence-electron chi connectivity index (χ3n) is 2.06. The molecule has 0 radical (unpaired) electrons. The molecule has 2 unspecified atom stereocenters. The Bertz CT molecular complexity index is 364. The van der Waals surface area contributed by atoms with Gasteiger partial charge in [0.05, 0.1) is 19.1 Å². The second-order valence-electron chi connectivity index (χ2n) is 3.88. The molecule has 0 aromatic carbocycles. The minimum Gasteiger partial charge on any atom is -0.498 e. The van der Waals surface area contributed by atoms with E-state index in [9.17, 15) is 19.5 Å². The van der Waals surface area contributed by atoms with Crippen LogP contribution in [0.2, 0.25) is 0 Å². The summed E-state index contributed by atoms with van der Waals surface area (Å²) >= 11 is 0. The van der Waals surface area contributed by atoms with Crippen molar-refractivity contribution in [3.8, 4) is 0 Å². The smallest absolute Gasteiger partial charge is 0.336 e. The van der Waals surface area contributed by atoms with Gasteiger partial charge in [-0.15, -0.1) is 0 Å². The minimum absolute atomic E-state index is 0.0136. The molecule has 0 aliphatic carbocycles. The van der Waals surface area contributed by atoms with Crippen molar-refractivity contribution in [2.75, 3.05) is 6.61 Å². The molecule has 2 atom stereocenters. The Balaban J connectivity index is 4.52. The molecular formula is C11H16O8. The predicted octanol–water partition coefficient (Wildman–Crippen LogP) is -0.241. The van der Waals surface area contributed by atoms with Crippen LogP contribution in [0.3, 0.4) is 0 Å². The maximum Gasteiger partial charge on any atom is 0.336 e. The van der Waals surface area contributed by atoms with Gasteiger partial charge >= 0.3 is 17.9 Å². The number of ether oxygens (including phenoxy) is 2. The maximum absolute atomic E-state index is 11.4. The summed E-state index contributed by atoms with van der Waals surface area (Å²) in [5.74, 6) is -4.38. The Labute approximate surface area is 109 Å². The van der Waals surface area contributed by atoms with E-state index in [0.29, 0.717) is 0 Å². The Hall–Kier alpha value is -2.09. The molecule has 0 aliphatic rings. The van der Waals surface area contributed by atoms with Crippen LogP contribution < -0.4 is 0 Å². The van der Waals surface area contributed by atoms with Gasteiger partial charge in [-0.3, -0.25) is 9.59 Å². The molecule has 0 bridgehead atoms. The Kier molecular flexibility index (Phi) is 6.56. The number of aliphatic hydroxyl groups is 1. The highest BCUT2D eigenvalue weighted by Crippen LogP contribution is 2.17. The van der Waals surface area contributed by atoms with Gasteiger partial charge in [-0.25, -0.2) is 4.79 Å². The van der Waals surface area contributed by atoms with E-state index in [1.165, 1.54) is 6.92 Å². The van der Waals surface area contributed by atoms with Gasteiger partial charge in [0.1, 0.15) is 12.7 Å². The molecule has 0 aromatic rings. The lowest BCUT2D eigenvalue weighted by molar-refractivity contribution is -0.173. The highest BCUT2D eigenvalue weighted by Gasteiger charge is 2.41. The molecule has 0 amide bonds. The monoisotopic (exact) mass is 276 g/mol. The van der Waals surface area contributed by atoms with E-state index in [-0.39, 0.29) is 6.61 Å². The lowest BCUT2D eigenvalue weighted by atomic mass is 9.96. The molecule has 0 saturated heterocycles. The number of hydrogen-bond donors (Lipinski definition) is 3. The van der Waals surface area contributed by atoms with E-state index in [1.54, 1.807) is 0 Å². The van der Waals surface area contributed by atoms with Crippen LogP contribution in [0.25, 0.3) is 0 Å². The quantitative estimate of drug-likeness (QED) is 0.388. The molecule has 0 rings (SSSR count). The molecule has 108 valence electrons. The largest absolute Gasteiger partial charge is 0.498 e. The maximum atomic E-state index is 11.4. The van der Waals surface area contributed by atoms with Gasteiger partial charge in [0, 0.05) is 0 Å². The zero-order valence-electron chi connectivity index (χ0n) is 10.4. The SMILES string of the molecule is C=COCC(C)OC(=O)CC(O)(CC(=O)O)C(=O)O. The Morgan fingerprint density at radius 3 is 2.32 bits per heavy atom. The van der Waals surface area contributed by atoms with Crippen molar-refractivity contribution in [2.24, 2.45) is 0 Å². The van der Waals surface area contributed by atoms with Crippen molar-refractivity contribution >= 4 is 17.9 Å². The van der Waals surface area contributed by atoms with Crippen LogP contribution in [-0.4, -0.2) is 51.5 Å². The van der Waals surface area contributed by atoms with Crippen LogP contribution in [0, 0.1) is 0 Å². The normalized spacial score (nSPS) is 14.8. The lowest BCUT2D eigenvalue weighted by Gasteiger charge is -2.21. The molecule has 8 heteroatoms. The summed E-state index contributed by atoms with van der Waals surface area (Å²) in [6.07, 6.45) is -1.61. The Morgan fingerprint density at radius 1 is 1.32 bits per heavy atom. The number of carboxylic acids is 2. The zero-order valence-corrected chi connectivity index (χ0v) is 10.4. The van der Waals surface area contributed by atoms with Crippen LogP contribution in [0.1, 0.15) is 19.8 Å². The number of aliphatic carboxylic acids is 2. The van der Waals surface area contributed by atoms with Crippen LogP contribution in [-0.2, 0) is 23.9 Å². The number of carboxylic acid groups (broad SMARTS) is 2. The first-order valence-corrected chi connectivity index (χ1v) is 5.31. The summed E-state index contributed by atoms with van der Waals surface area (Å²) in [6.45, 7) is 4.78. The van der Waals surface area contributed by atoms with Crippen LogP contribution in [0.15, 0.2) is 12.8 Å². The van der Waals surface area contributed by atoms with Crippen molar-refractivity contribution in [1.82, 2.24) is 0 Å². The molecule has 0 spiro atoms. The molecular weight excluding hydrogens is 260 g/mol. The van der Waals surface area contributed by atoms with Gasteiger partial charge in [0.25, 0.3) is 0 Å². The second kappa shape index (κ2) is 7.37. The van der Waals surface area contributed by atoms with Crippen molar-refractivity contribution in [3.05, 3.63) is 12.8 Å². The van der Waals surface area contributed by atoms with Crippen molar-refractivity contribution in [2.45, 2.75) is 31.5 Å². The van der Waals surface area contributed by atoms with E-state index < -0.39 is 42.5 Å². The first-order chi connectivity index (χ1) is 8.71.